The quantitative estimate of drug-likeness (QED) is 0.786. The maximum Gasteiger partial charge on any atom is 0.0653 e. The van der Waals surface area contributed by atoms with Crippen LogP contribution < -0.4 is 0 Å². The van der Waals surface area contributed by atoms with Gasteiger partial charge in [0.05, 0.1) is 5.60 Å². The molecule has 78 valence electrons. The van der Waals surface area contributed by atoms with E-state index < -0.39 is 0 Å². The smallest absolute Gasteiger partial charge is 0.0653 e. The van der Waals surface area contributed by atoms with Crippen LogP contribution in [0.3, 0.4) is 0 Å². The first kappa shape index (κ1) is 8.98. The van der Waals surface area contributed by atoms with Crippen LogP contribution in [0.4, 0.5) is 0 Å². The summed E-state index contributed by atoms with van der Waals surface area (Å²) in [5.74, 6) is 0. The van der Waals surface area contributed by atoms with E-state index in [1.165, 1.54) is 16.5 Å². The summed E-state index contributed by atoms with van der Waals surface area (Å²) >= 11 is 0. The molecule has 0 aliphatic heterocycles. The lowest BCUT2D eigenvalue weighted by atomic mass is 10.0. The largest absolute Gasteiger partial charge is 0.390 e. The minimum atomic E-state index is -0.326. The van der Waals surface area contributed by atoms with E-state index >= 15 is 0 Å². The van der Waals surface area contributed by atoms with Gasteiger partial charge in [-0.05, 0) is 54.8 Å². The number of H-pyrrole nitrogens is 1. The molecule has 15 heavy (non-hydrogen) atoms. The van der Waals surface area contributed by atoms with E-state index in [1.54, 1.807) is 0 Å². The molecule has 2 heteroatoms. The Balaban J connectivity index is 1.78. The molecule has 0 unspecified atom stereocenters. The fourth-order valence-corrected chi connectivity index (χ4v) is 2.03. The summed E-state index contributed by atoms with van der Waals surface area (Å²) in [6.45, 7) is 0. The summed E-state index contributed by atoms with van der Waals surface area (Å²) in [7, 11) is 0. The molecule has 2 nitrogen and oxygen atoms in total. The topological polar surface area (TPSA) is 36.0 Å². The third-order valence-electron chi connectivity index (χ3n) is 3.32. The van der Waals surface area contributed by atoms with Gasteiger partial charge in [-0.1, -0.05) is 6.07 Å². The van der Waals surface area contributed by atoms with Gasteiger partial charge in [0.15, 0.2) is 0 Å². The van der Waals surface area contributed by atoms with Crippen molar-refractivity contribution in [3.05, 3.63) is 36.0 Å². The molecule has 0 spiro atoms. The maximum atomic E-state index is 9.76. The van der Waals surface area contributed by atoms with Gasteiger partial charge in [-0.3, -0.25) is 0 Å². The van der Waals surface area contributed by atoms with Crippen LogP contribution in [0, 0.1) is 0 Å². The van der Waals surface area contributed by atoms with E-state index in [0.717, 1.165) is 25.7 Å². The summed E-state index contributed by atoms with van der Waals surface area (Å²) < 4.78 is 0. The zero-order valence-corrected chi connectivity index (χ0v) is 8.66. The summed E-state index contributed by atoms with van der Waals surface area (Å²) in [6, 6.07) is 8.55. The number of aliphatic hydroxyl groups is 1. The molecule has 2 N–H and O–H groups in total. The van der Waals surface area contributed by atoms with Crippen molar-refractivity contribution in [2.24, 2.45) is 0 Å². The Hall–Kier alpha value is -1.28. The van der Waals surface area contributed by atoms with E-state index in [4.69, 9.17) is 0 Å². The second-order valence-electron chi connectivity index (χ2n) is 4.62. The molecule has 1 aliphatic carbocycles. The van der Waals surface area contributed by atoms with Crippen LogP contribution in [0.1, 0.15) is 24.8 Å². The first-order valence-electron chi connectivity index (χ1n) is 5.54. The first-order chi connectivity index (χ1) is 7.25. The Kier molecular flexibility index (Phi) is 1.86. The fourth-order valence-electron chi connectivity index (χ4n) is 2.03. The van der Waals surface area contributed by atoms with Crippen LogP contribution in [0.5, 0.6) is 0 Å². The van der Waals surface area contributed by atoms with E-state index in [0.29, 0.717) is 0 Å². The van der Waals surface area contributed by atoms with Gasteiger partial charge in [0.25, 0.3) is 0 Å². The molecule has 1 aromatic carbocycles. The normalized spacial score (nSPS) is 18.2. The third kappa shape index (κ3) is 1.77. The van der Waals surface area contributed by atoms with Gasteiger partial charge in [0.2, 0.25) is 0 Å². The minimum absolute atomic E-state index is 0.326. The number of hydrogen-bond donors (Lipinski definition) is 2. The Morgan fingerprint density at radius 3 is 2.93 bits per heavy atom. The van der Waals surface area contributed by atoms with Gasteiger partial charge in [0, 0.05) is 11.7 Å². The summed E-state index contributed by atoms with van der Waals surface area (Å²) in [5, 5.41) is 11.0. The van der Waals surface area contributed by atoms with Crippen LogP contribution >= 0.6 is 0 Å². The fraction of sp³-hybridized carbons (Fsp3) is 0.385. The second-order valence-corrected chi connectivity index (χ2v) is 4.62. The van der Waals surface area contributed by atoms with E-state index in [-0.39, 0.29) is 5.60 Å². The second kappa shape index (κ2) is 3.11. The van der Waals surface area contributed by atoms with Gasteiger partial charge in [-0.25, -0.2) is 0 Å². The van der Waals surface area contributed by atoms with Crippen LogP contribution in [-0.4, -0.2) is 15.7 Å². The standard InChI is InChI=1S/C13H15NO/c15-13(6-7-13)5-3-10-1-2-12-11(9-10)4-8-14-12/h1-2,4,8-9,14-15H,3,5-7H2. The molecule has 0 saturated heterocycles. The number of aromatic nitrogens is 1. The number of fused-ring (bicyclic) bond motifs is 1. The molecule has 0 bridgehead atoms. The summed E-state index contributed by atoms with van der Waals surface area (Å²) in [6.07, 6.45) is 5.82. The molecule has 0 atom stereocenters. The number of rotatable bonds is 3. The molecule has 0 radical (unpaired) electrons. The molecule has 2 aromatic rings. The third-order valence-corrected chi connectivity index (χ3v) is 3.32. The van der Waals surface area contributed by atoms with Crippen molar-refractivity contribution in [3.63, 3.8) is 0 Å². The van der Waals surface area contributed by atoms with Crippen LogP contribution in [0.25, 0.3) is 10.9 Å². The average molecular weight is 201 g/mol. The molecule has 1 aromatic heterocycles. The van der Waals surface area contributed by atoms with Crippen molar-refractivity contribution in [1.82, 2.24) is 4.98 Å². The van der Waals surface area contributed by atoms with Crippen molar-refractivity contribution >= 4 is 10.9 Å². The highest BCUT2D eigenvalue weighted by Crippen LogP contribution is 2.39. The van der Waals surface area contributed by atoms with E-state index in [2.05, 4.69) is 29.2 Å². The molecular formula is C13H15NO. The summed E-state index contributed by atoms with van der Waals surface area (Å²) in [5.41, 5.74) is 2.18. The number of nitrogens with one attached hydrogen (secondary N) is 1. The minimum Gasteiger partial charge on any atom is -0.390 e. The predicted molar refractivity (Wildman–Crippen MR) is 60.8 cm³/mol. The van der Waals surface area contributed by atoms with Gasteiger partial charge < -0.3 is 10.1 Å². The Bertz CT molecular complexity index is 482. The Morgan fingerprint density at radius 2 is 2.13 bits per heavy atom. The molecule has 3 rings (SSSR count). The van der Waals surface area contributed by atoms with Gasteiger partial charge >= 0.3 is 0 Å². The molecule has 1 fully saturated rings. The number of benzene rings is 1. The highest BCUT2D eigenvalue weighted by molar-refractivity contribution is 5.79. The highest BCUT2D eigenvalue weighted by atomic mass is 16.3. The maximum absolute atomic E-state index is 9.76. The van der Waals surface area contributed by atoms with Gasteiger partial charge in [0.1, 0.15) is 0 Å². The van der Waals surface area contributed by atoms with Gasteiger partial charge in [-0.2, -0.15) is 0 Å². The Labute approximate surface area is 88.9 Å². The van der Waals surface area contributed by atoms with Crippen molar-refractivity contribution in [2.45, 2.75) is 31.3 Å². The van der Waals surface area contributed by atoms with Crippen molar-refractivity contribution in [3.8, 4) is 0 Å². The van der Waals surface area contributed by atoms with Gasteiger partial charge in [-0.15, -0.1) is 0 Å². The van der Waals surface area contributed by atoms with Crippen LogP contribution in [-0.2, 0) is 6.42 Å². The zero-order valence-electron chi connectivity index (χ0n) is 8.66. The molecular weight excluding hydrogens is 186 g/mol. The van der Waals surface area contributed by atoms with Crippen LogP contribution in [0.15, 0.2) is 30.5 Å². The van der Waals surface area contributed by atoms with Crippen LogP contribution in [0.2, 0.25) is 0 Å². The zero-order chi connectivity index (χ0) is 10.3. The summed E-state index contributed by atoms with van der Waals surface area (Å²) in [4.78, 5) is 3.18. The first-order valence-corrected chi connectivity index (χ1v) is 5.54. The monoisotopic (exact) mass is 201 g/mol. The predicted octanol–water partition coefficient (Wildman–Crippen LogP) is 2.63. The highest BCUT2D eigenvalue weighted by Gasteiger charge is 2.39. The SMILES string of the molecule is OC1(CCc2ccc3[nH]ccc3c2)CC1. The van der Waals surface area contributed by atoms with Crippen molar-refractivity contribution in [1.29, 1.82) is 0 Å². The number of aromatic amines is 1. The van der Waals surface area contributed by atoms with E-state index in [1.807, 2.05) is 6.20 Å². The van der Waals surface area contributed by atoms with E-state index in [9.17, 15) is 5.11 Å². The number of hydrogen-bond acceptors (Lipinski definition) is 1. The molecule has 0 amide bonds. The lowest BCUT2D eigenvalue weighted by Gasteiger charge is -2.06. The molecule has 1 heterocycles. The Morgan fingerprint density at radius 1 is 1.27 bits per heavy atom. The van der Waals surface area contributed by atoms with Crippen molar-refractivity contribution in [2.75, 3.05) is 0 Å². The lowest BCUT2D eigenvalue weighted by molar-refractivity contribution is 0.140. The van der Waals surface area contributed by atoms with Crippen molar-refractivity contribution < 1.29 is 5.11 Å². The molecule has 1 saturated carbocycles. The number of aryl methyl sites for hydroxylation is 1. The lowest BCUT2D eigenvalue weighted by Crippen LogP contribution is -2.07. The average Bonchev–Trinajstić information content (AvgIpc) is 2.80. The molecule has 1 aliphatic rings.